The van der Waals surface area contributed by atoms with E-state index >= 15 is 0 Å². The molecule has 2 amide bonds. The molecule has 0 spiro atoms. The van der Waals surface area contributed by atoms with E-state index in [1.54, 1.807) is 6.07 Å². The molecule has 2 fully saturated rings. The van der Waals surface area contributed by atoms with Crippen LogP contribution in [-0.2, 0) is 31.4 Å². The number of anilines is 1. The fourth-order valence-electron chi connectivity index (χ4n) is 5.27. The molecule has 8 nitrogen and oxygen atoms in total. The van der Waals surface area contributed by atoms with E-state index in [4.69, 9.17) is 26.8 Å². The van der Waals surface area contributed by atoms with Crippen LogP contribution in [0, 0.1) is 0 Å². The van der Waals surface area contributed by atoms with Crippen molar-refractivity contribution in [1.29, 1.82) is 0 Å². The summed E-state index contributed by atoms with van der Waals surface area (Å²) >= 11 is 6.44. The number of aromatic carboxylic acids is 1. The van der Waals surface area contributed by atoms with Gasteiger partial charge in [-0.15, -0.1) is 0 Å². The molecule has 2 aliphatic heterocycles. The highest BCUT2D eigenvalue weighted by atomic mass is 32.2. The number of benzene rings is 3. The highest BCUT2D eigenvalue weighted by Crippen LogP contribution is 2.42. The summed E-state index contributed by atoms with van der Waals surface area (Å²) in [4.78, 5) is 38.9. The maximum absolute atomic E-state index is 13.8. The van der Waals surface area contributed by atoms with Crippen LogP contribution in [0.15, 0.2) is 71.6 Å². The highest BCUT2D eigenvalue weighted by molar-refractivity contribution is 8.26. The van der Waals surface area contributed by atoms with Crippen LogP contribution in [0.3, 0.4) is 0 Å². The summed E-state index contributed by atoms with van der Waals surface area (Å²) in [7, 11) is 0. The first-order valence-corrected chi connectivity index (χ1v) is 16.4. The fraction of sp³-hybridized carbons (Fsp3) is 0.294. The Kier molecular flexibility index (Phi) is 11.3. The molecule has 3 aromatic rings. The van der Waals surface area contributed by atoms with E-state index < -0.39 is 47.6 Å². The maximum atomic E-state index is 13.8. The number of hydrogen-bond donors (Lipinski definition) is 2. The lowest BCUT2D eigenvalue weighted by Gasteiger charge is -2.24. The summed E-state index contributed by atoms with van der Waals surface area (Å²) in [5.74, 6) is -2.12. The van der Waals surface area contributed by atoms with Gasteiger partial charge in [-0.1, -0.05) is 42.2 Å². The monoisotopic (exact) mass is 738 g/mol. The van der Waals surface area contributed by atoms with Crippen LogP contribution >= 0.6 is 24.0 Å². The van der Waals surface area contributed by atoms with Gasteiger partial charge >= 0.3 is 18.3 Å². The normalized spacial score (nSPS) is 16.9. The third-order valence-corrected chi connectivity index (χ3v) is 9.25. The van der Waals surface area contributed by atoms with Gasteiger partial charge in [0.1, 0.15) is 4.32 Å². The minimum atomic E-state index is -5.03. The number of carbonyl (C=O) groups is 3. The fourth-order valence-corrected chi connectivity index (χ4v) is 6.69. The van der Waals surface area contributed by atoms with Crippen LogP contribution in [-0.4, -0.2) is 58.2 Å². The van der Waals surface area contributed by atoms with Gasteiger partial charge < -0.3 is 19.9 Å². The van der Waals surface area contributed by atoms with Gasteiger partial charge in [-0.2, -0.15) is 26.3 Å². The number of carbonyl (C=O) groups excluding carboxylic acids is 2. The van der Waals surface area contributed by atoms with E-state index in [-0.39, 0.29) is 57.8 Å². The molecule has 5 rings (SSSR count). The van der Waals surface area contributed by atoms with Crippen LogP contribution < -0.4 is 5.32 Å². The van der Waals surface area contributed by atoms with E-state index in [1.807, 2.05) is 0 Å². The second-order valence-electron chi connectivity index (χ2n) is 11.3. The van der Waals surface area contributed by atoms with Gasteiger partial charge in [-0.3, -0.25) is 14.5 Å². The first kappa shape index (κ1) is 37.0. The second-order valence-corrected chi connectivity index (χ2v) is 12.9. The number of amides is 2. The van der Waals surface area contributed by atoms with Crippen molar-refractivity contribution in [2.45, 2.75) is 44.3 Å². The number of ether oxygens (including phenoxy) is 2. The van der Waals surface area contributed by atoms with Crippen molar-refractivity contribution in [3.8, 4) is 11.1 Å². The lowest BCUT2D eigenvalue weighted by atomic mass is 9.94. The molecule has 0 unspecified atom stereocenters. The lowest BCUT2D eigenvalue weighted by molar-refractivity contribution is -0.180. The molecule has 2 N–H and O–H groups in total. The van der Waals surface area contributed by atoms with Gasteiger partial charge in [0.05, 0.1) is 34.8 Å². The van der Waals surface area contributed by atoms with Crippen LogP contribution in [0.2, 0.25) is 0 Å². The molecule has 2 aliphatic rings. The van der Waals surface area contributed by atoms with Crippen molar-refractivity contribution in [2.24, 2.45) is 0 Å². The van der Waals surface area contributed by atoms with Crippen LogP contribution in [0.25, 0.3) is 16.7 Å². The third kappa shape index (κ3) is 9.10. The predicted octanol–water partition coefficient (Wildman–Crippen LogP) is 8.23. The molecule has 0 atom stereocenters. The van der Waals surface area contributed by atoms with E-state index in [9.17, 15) is 40.7 Å². The van der Waals surface area contributed by atoms with Crippen LogP contribution in [0.5, 0.6) is 0 Å². The third-order valence-electron chi connectivity index (χ3n) is 7.76. The minimum absolute atomic E-state index is 0.0381. The van der Waals surface area contributed by atoms with Crippen molar-refractivity contribution in [2.75, 3.05) is 25.1 Å². The number of carboxylic acids is 1. The summed E-state index contributed by atoms with van der Waals surface area (Å²) in [5, 5.41) is 11.7. The number of hydrogen-bond acceptors (Lipinski definition) is 7. The molecular formula is C34H28F6N2O6S2. The standard InChI is InChI=1S/C34H28F6N2O6S2/c35-33(36,37)23-16-22(17-24(18-23)34(38,39)40)20-3-1-4-21(15-20)26(9-10-28-47-13-2-14-48-28)29-30(44)42(32(49)50-29)12-11-27(43)41-25-7-5-19(6-8-25)31(45)46/h1,3-8,15-18,28H,2,9-14H2,(H,41,43)(H,45,46)/b29-26-. The topological polar surface area (TPSA) is 105 Å². The van der Waals surface area contributed by atoms with Gasteiger partial charge in [0, 0.05) is 25.1 Å². The Morgan fingerprint density at radius 2 is 1.52 bits per heavy atom. The van der Waals surface area contributed by atoms with Crippen molar-refractivity contribution < 1.29 is 55.3 Å². The Hall–Kier alpha value is -4.25. The number of carboxylic acid groups (broad SMARTS) is 1. The second kappa shape index (κ2) is 15.3. The quantitative estimate of drug-likeness (QED) is 0.122. The van der Waals surface area contributed by atoms with Gasteiger partial charge in [0.25, 0.3) is 5.91 Å². The first-order valence-electron chi connectivity index (χ1n) is 15.1. The SMILES string of the molecule is O=C(CCN1C(=O)/C(=C(\CCC2OCCCO2)c2cccc(-c3cc(C(F)(F)F)cc(C(F)(F)F)c3)c2)SC1=S)Nc1ccc(C(=O)O)cc1. The zero-order valence-corrected chi connectivity index (χ0v) is 27.5. The minimum Gasteiger partial charge on any atom is -0.478 e. The Bertz CT molecular complexity index is 1790. The number of rotatable bonds is 10. The molecule has 0 bridgehead atoms. The van der Waals surface area contributed by atoms with Gasteiger partial charge in [0.15, 0.2) is 6.29 Å². The number of alkyl halides is 6. The number of nitrogens with zero attached hydrogens (tertiary/aromatic N) is 1. The summed E-state index contributed by atoms with van der Waals surface area (Å²) in [6, 6.07) is 12.7. The average molecular weight is 739 g/mol. The largest absolute Gasteiger partial charge is 0.478 e. The molecule has 0 saturated carbocycles. The summed E-state index contributed by atoms with van der Waals surface area (Å²) in [5.41, 5.74) is -1.99. The van der Waals surface area contributed by atoms with Gasteiger partial charge in [0.2, 0.25) is 5.91 Å². The number of thiocarbonyl (C=S) groups is 1. The van der Waals surface area contributed by atoms with Crippen molar-refractivity contribution in [3.05, 3.63) is 93.9 Å². The van der Waals surface area contributed by atoms with Crippen LogP contribution in [0.4, 0.5) is 32.0 Å². The molecule has 0 radical (unpaired) electrons. The molecule has 50 heavy (non-hydrogen) atoms. The number of thioether (sulfide) groups is 1. The summed E-state index contributed by atoms with van der Waals surface area (Å²) in [6.45, 7) is 0.820. The van der Waals surface area contributed by atoms with E-state index in [0.717, 1.165) is 11.8 Å². The van der Waals surface area contributed by atoms with Gasteiger partial charge in [-0.25, -0.2) is 4.79 Å². The van der Waals surface area contributed by atoms with Gasteiger partial charge in [-0.05, 0) is 83.6 Å². The van der Waals surface area contributed by atoms with E-state index in [1.165, 1.54) is 47.4 Å². The zero-order chi connectivity index (χ0) is 36.2. The highest BCUT2D eigenvalue weighted by Gasteiger charge is 2.38. The smallest absolute Gasteiger partial charge is 0.416 e. The van der Waals surface area contributed by atoms with Crippen LogP contribution in [0.1, 0.15) is 52.7 Å². The predicted molar refractivity (Wildman–Crippen MR) is 177 cm³/mol. The zero-order valence-electron chi connectivity index (χ0n) is 25.9. The molecule has 3 aromatic carbocycles. The number of nitrogens with one attached hydrogen (secondary N) is 1. The Morgan fingerprint density at radius 1 is 0.880 bits per heavy atom. The van der Waals surface area contributed by atoms with Crippen molar-refractivity contribution >= 4 is 57.3 Å². The molecule has 2 saturated heterocycles. The molecular weight excluding hydrogens is 711 g/mol. The Balaban J connectivity index is 1.43. The molecule has 264 valence electrons. The lowest BCUT2D eigenvalue weighted by Crippen LogP contribution is -2.31. The van der Waals surface area contributed by atoms with E-state index in [0.29, 0.717) is 48.6 Å². The Morgan fingerprint density at radius 3 is 2.12 bits per heavy atom. The summed E-state index contributed by atoms with van der Waals surface area (Å²) in [6.07, 6.45) is -9.66. The number of halogens is 6. The Labute approximate surface area is 291 Å². The van der Waals surface area contributed by atoms with Crippen molar-refractivity contribution in [3.63, 3.8) is 0 Å². The molecule has 16 heteroatoms. The number of allylic oxidation sites excluding steroid dienone is 1. The molecule has 0 aliphatic carbocycles. The summed E-state index contributed by atoms with van der Waals surface area (Å²) < 4.78 is 93.2. The molecule has 2 heterocycles. The van der Waals surface area contributed by atoms with E-state index in [2.05, 4.69) is 5.32 Å². The molecule has 0 aromatic heterocycles. The first-order chi connectivity index (χ1) is 23.6. The maximum Gasteiger partial charge on any atom is 0.416 e. The average Bonchev–Trinajstić information content (AvgIpc) is 3.35. The van der Waals surface area contributed by atoms with Crippen molar-refractivity contribution in [1.82, 2.24) is 4.90 Å².